The minimum atomic E-state index is 0.483. The van der Waals surface area contributed by atoms with Gasteiger partial charge < -0.3 is 10.6 Å². The number of nitrogens with zero attached hydrogens (tertiary/aromatic N) is 1. The molecule has 0 aromatic rings. The van der Waals surface area contributed by atoms with Crippen molar-refractivity contribution in [2.75, 3.05) is 20.1 Å². The highest BCUT2D eigenvalue weighted by molar-refractivity contribution is 4.79. The maximum atomic E-state index is 5.91. The lowest BCUT2D eigenvalue weighted by atomic mass is 10.1. The molecule has 1 aliphatic carbocycles. The van der Waals surface area contributed by atoms with Crippen molar-refractivity contribution in [3.63, 3.8) is 0 Å². The summed E-state index contributed by atoms with van der Waals surface area (Å²) in [6.45, 7) is 7.08. The van der Waals surface area contributed by atoms with Gasteiger partial charge in [0.1, 0.15) is 0 Å². The molecule has 0 heterocycles. The Balaban J connectivity index is 2.16. The summed E-state index contributed by atoms with van der Waals surface area (Å²) in [6, 6.07) is 0.483. The van der Waals surface area contributed by atoms with Crippen LogP contribution in [-0.4, -0.2) is 31.1 Å². The smallest absolute Gasteiger partial charge is 0.00420 e. The zero-order valence-electron chi connectivity index (χ0n) is 10.00. The summed E-state index contributed by atoms with van der Waals surface area (Å²) >= 11 is 0. The van der Waals surface area contributed by atoms with Gasteiger partial charge in [-0.25, -0.2) is 0 Å². The van der Waals surface area contributed by atoms with E-state index in [2.05, 4.69) is 25.8 Å². The second kappa shape index (κ2) is 5.72. The molecular weight excluding hydrogens is 172 g/mol. The molecule has 14 heavy (non-hydrogen) atoms. The van der Waals surface area contributed by atoms with E-state index < -0.39 is 0 Å². The molecule has 3 unspecified atom stereocenters. The summed E-state index contributed by atoms with van der Waals surface area (Å²) in [4.78, 5) is 2.48. The summed E-state index contributed by atoms with van der Waals surface area (Å²) in [5.41, 5.74) is 5.91. The molecule has 2 N–H and O–H groups in total. The molecule has 1 rings (SSSR count). The van der Waals surface area contributed by atoms with Gasteiger partial charge in [0.2, 0.25) is 0 Å². The standard InChI is InChI=1S/C12H26N2/c1-4-10(2)8-14(3)9-11-5-6-12(13)7-11/h10-12H,4-9,13H2,1-3H3. The van der Waals surface area contributed by atoms with Crippen molar-refractivity contribution in [1.29, 1.82) is 0 Å². The Kier molecular flexibility index (Phi) is 4.90. The second-order valence-electron chi connectivity index (χ2n) is 5.17. The molecule has 2 nitrogen and oxygen atoms in total. The molecule has 0 radical (unpaired) electrons. The van der Waals surface area contributed by atoms with Gasteiger partial charge in [0.15, 0.2) is 0 Å². The summed E-state index contributed by atoms with van der Waals surface area (Å²) in [7, 11) is 2.25. The second-order valence-corrected chi connectivity index (χ2v) is 5.17. The van der Waals surface area contributed by atoms with E-state index in [9.17, 15) is 0 Å². The van der Waals surface area contributed by atoms with Crippen molar-refractivity contribution in [3.05, 3.63) is 0 Å². The lowest BCUT2D eigenvalue weighted by Crippen LogP contribution is -2.29. The fourth-order valence-corrected chi connectivity index (χ4v) is 2.46. The Morgan fingerprint density at radius 2 is 2.14 bits per heavy atom. The first kappa shape index (κ1) is 12.0. The molecule has 0 aromatic carbocycles. The maximum absolute atomic E-state index is 5.91. The van der Waals surface area contributed by atoms with E-state index in [4.69, 9.17) is 5.73 Å². The van der Waals surface area contributed by atoms with Gasteiger partial charge in [0, 0.05) is 19.1 Å². The summed E-state index contributed by atoms with van der Waals surface area (Å²) in [5.74, 6) is 1.69. The van der Waals surface area contributed by atoms with Gasteiger partial charge in [-0.3, -0.25) is 0 Å². The molecule has 1 fully saturated rings. The summed E-state index contributed by atoms with van der Waals surface area (Å²) in [5, 5.41) is 0. The first-order valence-corrected chi connectivity index (χ1v) is 6.06. The highest BCUT2D eigenvalue weighted by Gasteiger charge is 2.22. The monoisotopic (exact) mass is 198 g/mol. The van der Waals surface area contributed by atoms with Gasteiger partial charge in [0.05, 0.1) is 0 Å². The molecule has 0 aliphatic heterocycles. The molecule has 0 bridgehead atoms. The minimum absolute atomic E-state index is 0.483. The predicted octanol–water partition coefficient (Wildman–Crippen LogP) is 2.09. The predicted molar refractivity (Wildman–Crippen MR) is 62.3 cm³/mol. The van der Waals surface area contributed by atoms with Crippen molar-refractivity contribution in [2.45, 2.75) is 45.6 Å². The van der Waals surface area contributed by atoms with Crippen LogP contribution in [0.25, 0.3) is 0 Å². The topological polar surface area (TPSA) is 29.3 Å². The van der Waals surface area contributed by atoms with Gasteiger partial charge in [-0.05, 0) is 38.1 Å². The SMILES string of the molecule is CCC(C)CN(C)CC1CCC(N)C1. The van der Waals surface area contributed by atoms with Crippen LogP contribution < -0.4 is 5.73 Å². The molecule has 0 spiro atoms. The van der Waals surface area contributed by atoms with Gasteiger partial charge in [-0.1, -0.05) is 20.3 Å². The van der Waals surface area contributed by atoms with Crippen LogP contribution in [0, 0.1) is 11.8 Å². The Hall–Kier alpha value is -0.0800. The number of hydrogen-bond donors (Lipinski definition) is 1. The largest absolute Gasteiger partial charge is 0.328 e. The zero-order chi connectivity index (χ0) is 10.6. The summed E-state index contributed by atoms with van der Waals surface area (Å²) < 4.78 is 0. The van der Waals surface area contributed by atoms with Crippen molar-refractivity contribution in [3.8, 4) is 0 Å². The Labute approximate surface area is 88.8 Å². The lowest BCUT2D eigenvalue weighted by Gasteiger charge is -2.23. The zero-order valence-corrected chi connectivity index (χ0v) is 10.00. The third-order valence-corrected chi connectivity index (χ3v) is 3.47. The quantitative estimate of drug-likeness (QED) is 0.733. The highest BCUT2D eigenvalue weighted by Crippen LogP contribution is 2.24. The normalized spacial score (nSPS) is 29.8. The number of nitrogens with two attached hydrogens (primary N) is 1. The fourth-order valence-electron chi connectivity index (χ4n) is 2.46. The van der Waals surface area contributed by atoms with Crippen molar-refractivity contribution < 1.29 is 0 Å². The van der Waals surface area contributed by atoms with Crippen LogP contribution in [0.5, 0.6) is 0 Å². The average Bonchev–Trinajstić information content (AvgIpc) is 2.50. The molecular formula is C12H26N2. The van der Waals surface area contributed by atoms with Crippen LogP contribution in [-0.2, 0) is 0 Å². The van der Waals surface area contributed by atoms with Crippen molar-refractivity contribution in [1.82, 2.24) is 4.90 Å². The first-order chi connectivity index (χ1) is 6.61. The minimum Gasteiger partial charge on any atom is -0.328 e. The lowest BCUT2D eigenvalue weighted by molar-refractivity contribution is 0.242. The van der Waals surface area contributed by atoms with Crippen LogP contribution in [0.2, 0.25) is 0 Å². The highest BCUT2D eigenvalue weighted by atomic mass is 15.1. The third kappa shape index (κ3) is 3.97. The van der Waals surface area contributed by atoms with Gasteiger partial charge in [-0.15, -0.1) is 0 Å². The van der Waals surface area contributed by atoms with Gasteiger partial charge >= 0.3 is 0 Å². The number of hydrogen-bond acceptors (Lipinski definition) is 2. The van der Waals surface area contributed by atoms with Gasteiger partial charge in [0.25, 0.3) is 0 Å². The molecule has 0 amide bonds. The van der Waals surface area contributed by atoms with E-state index in [0.29, 0.717) is 6.04 Å². The van der Waals surface area contributed by atoms with E-state index in [1.54, 1.807) is 0 Å². The Morgan fingerprint density at radius 1 is 1.43 bits per heavy atom. The van der Waals surface area contributed by atoms with Gasteiger partial charge in [-0.2, -0.15) is 0 Å². The molecule has 1 saturated carbocycles. The first-order valence-electron chi connectivity index (χ1n) is 6.06. The molecule has 1 aliphatic rings. The van der Waals surface area contributed by atoms with Crippen LogP contribution in [0.3, 0.4) is 0 Å². The fraction of sp³-hybridized carbons (Fsp3) is 1.00. The van der Waals surface area contributed by atoms with Crippen LogP contribution in [0.15, 0.2) is 0 Å². The van der Waals surface area contributed by atoms with Crippen molar-refractivity contribution in [2.24, 2.45) is 17.6 Å². The van der Waals surface area contributed by atoms with Crippen LogP contribution >= 0.6 is 0 Å². The molecule has 2 heteroatoms. The average molecular weight is 198 g/mol. The van der Waals surface area contributed by atoms with Crippen molar-refractivity contribution >= 4 is 0 Å². The van der Waals surface area contributed by atoms with E-state index in [0.717, 1.165) is 11.8 Å². The summed E-state index contributed by atoms with van der Waals surface area (Å²) in [6.07, 6.45) is 5.10. The van der Waals surface area contributed by atoms with Crippen LogP contribution in [0.1, 0.15) is 39.5 Å². The Morgan fingerprint density at radius 3 is 2.64 bits per heavy atom. The third-order valence-electron chi connectivity index (χ3n) is 3.47. The Bertz CT molecular complexity index is 158. The molecule has 0 aromatic heterocycles. The number of rotatable bonds is 5. The van der Waals surface area contributed by atoms with Crippen LogP contribution in [0.4, 0.5) is 0 Å². The molecule has 0 saturated heterocycles. The molecule has 3 atom stereocenters. The van der Waals surface area contributed by atoms with E-state index in [-0.39, 0.29) is 0 Å². The van der Waals surface area contributed by atoms with E-state index in [1.807, 2.05) is 0 Å². The van der Waals surface area contributed by atoms with E-state index >= 15 is 0 Å². The maximum Gasteiger partial charge on any atom is 0.00420 e. The van der Waals surface area contributed by atoms with E-state index in [1.165, 1.54) is 38.8 Å². The molecule has 84 valence electrons.